The fourth-order valence-corrected chi connectivity index (χ4v) is 5.90. The molecule has 0 radical (unpaired) electrons. The number of nitrogens with zero attached hydrogens (tertiary/aromatic N) is 6. The third-order valence-electron chi connectivity index (χ3n) is 8.15. The van der Waals surface area contributed by atoms with Crippen molar-refractivity contribution >= 4 is 29.7 Å². The lowest BCUT2D eigenvalue weighted by atomic mass is 9.94. The van der Waals surface area contributed by atoms with Gasteiger partial charge >= 0.3 is 6.03 Å². The summed E-state index contributed by atoms with van der Waals surface area (Å²) in [5, 5.41) is 6.51. The van der Waals surface area contributed by atoms with Gasteiger partial charge in [-0.25, -0.2) is 4.79 Å². The minimum Gasteiger partial charge on any atom is -0.368 e. The number of carbonyl (C=O) groups excluding carboxylic acids is 2. The zero-order valence-electron chi connectivity index (χ0n) is 21.9. The quantitative estimate of drug-likeness (QED) is 0.554. The van der Waals surface area contributed by atoms with Crippen LogP contribution in [0.3, 0.4) is 0 Å². The predicted molar refractivity (Wildman–Crippen MR) is 144 cm³/mol. The Bertz CT molecular complexity index is 1350. The van der Waals surface area contributed by atoms with Crippen molar-refractivity contribution in [3.05, 3.63) is 52.9 Å². The van der Waals surface area contributed by atoms with E-state index in [4.69, 9.17) is 10.7 Å². The van der Waals surface area contributed by atoms with Gasteiger partial charge in [0.1, 0.15) is 17.7 Å². The summed E-state index contributed by atoms with van der Waals surface area (Å²) in [6.45, 7) is 7.55. The summed E-state index contributed by atoms with van der Waals surface area (Å²) in [6, 6.07) is 10.0. The van der Waals surface area contributed by atoms with E-state index < -0.39 is 11.6 Å². The Morgan fingerprint density at radius 3 is 2.68 bits per heavy atom. The number of amidine groups is 1. The van der Waals surface area contributed by atoms with E-state index in [0.717, 1.165) is 24.0 Å². The van der Waals surface area contributed by atoms with Crippen molar-refractivity contribution in [2.75, 3.05) is 29.9 Å². The van der Waals surface area contributed by atoms with Gasteiger partial charge in [0.15, 0.2) is 0 Å². The van der Waals surface area contributed by atoms with Crippen molar-refractivity contribution in [3.8, 4) is 0 Å². The average molecular weight is 516 g/mol. The molecule has 1 aliphatic carbocycles. The number of hydrogen-bond acceptors (Lipinski definition) is 8. The maximum Gasteiger partial charge on any atom is 0.318 e. The third kappa shape index (κ3) is 4.25. The molecule has 3 aliphatic heterocycles. The molecule has 4 N–H and O–H groups in total. The molecule has 4 heterocycles. The Kier molecular flexibility index (Phi) is 5.81. The highest BCUT2D eigenvalue weighted by molar-refractivity contribution is 6.11. The topological polar surface area (TPSA) is 142 Å². The smallest absolute Gasteiger partial charge is 0.318 e. The molecule has 2 fully saturated rings. The van der Waals surface area contributed by atoms with Crippen molar-refractivity contribution in [1.29, 1.82) is 0 Å². The largest absolute Gasteiger partial charge is 0.368 e. The number of primary amides is 1. The monoisotopic (exact) mass is 515 g/mol. The van der Waals surface area contributed by atoms with Crippen LogP contribution in [-0.2, 0) is 4.79 Å². The lowest BCUT2D eigenvalue weighted by Crippen LogP contribution is -2.51. The highest BCUT2D eigenvalue weighted by Crippen LogP contribution is 2.42. The molecular weight excluding hydrogens is 482 g/mol. The van der Waals surface area contributed by atoms with E-state index in [2.05, 4.69) is 51.6 Å². The number of anilines is 2. The van der Waals surface area contributed by atoms with Crippen LogP contribution in [0.25, 0.3) is 0 Å². The van der Waals surface area contributed by atoms with Gasteiger partial charge in [-0.15, -0.1) is 0 Å². The van der Waals surface area contributed by atoms with E-state index in [-0.39, 0.29) is 18.0 Å². The van der Waals surface area contributed by atoms with Gasteiger partial charge < -0.3 is 26.2 Å². The number of nitrogens with one attached hydrogen (secondary N) is 2. The van der Waals surface area contributed by atoms with Gasteiger partial charge in [0.05, 0.1) is 18.6 Å². The lowest BCUT2D eigenvalue weighted by molar-refractivity contribution is -0.119. The van der Waals surface area contributed by atoms with Crippen LogP contribution >= 0.6 is 0 Å². The normalized spacial score (nSPS) is 25.3. The highest BCUT2D eigenvalue weighted by atomic mass is 16.2. The standard InChI is InChI=1S/C27H33N9O2/c1-15-30-24(34-25(31-15)35-11-7-10-21(35)22(28)37)33-23-18-14-36(27(2,3)19(18)13-29-23)26(38)32-20-12-17(20)16-8-5-4-6-9-16/h4-6,8-9,17,20-21H,7,10-14H2,1-3H3,(H2,28,37)(H,32,38)(H,29,30,31,33,34)/t17-,20?,21+/m1/s1. The molecule has 1 aromatic heterocycles. The number of nitrogens with two attached hydrogens (primary N) is 1. The van der Waals surface area contributed by atoms with Crippen LogP contribution in [0.1, 0.15) is 50.4 Å². The Hall–Kier alpha value is -4.02. The lowest BCUT2D eigenvalue weighted by Gasteiger charge is -2.34. The van der Waals surface area contributed by atoms with Crippen LogP contribution < -0.4 is 21.3 Å². The fraction of sp³-hybridized carbons (Fsp3) is 0.481. The predicted octanol–water partition coefficient (Wildman–Crippen LogP) is 2.11. The van der Waals surface area contributed by atoms with Crippen LogP contribution in [-0.4, -0.2) is 74.9 Å². The molecule has 1 unspecified atom stereocenters. The number of urea groups is 1. The Labute approximate surface area is 221 Å². The second-order valence-electron chi connectivity index (χ2n) is 11.0. The second kappa shape index (κ2) is 9.07. The molecular formula is C27H33N9O2. The summed E-state index contributed by atoms with van der Waals surface area (Å²) in [7, 11) is 0. The SMILES string of the molecule is Cc1nc(NC2=NCC3=C2CN(C(=O)NC2C[C@@H]2c2ccccc2)C3(C)C)nc(N2CCC[C@H]2C(N)=O)n1. The third-order valence-corrected chi connectivity index (χ3v) is 8.15. The average Bonchev–Trinajstić information content (AvgIpc) is 3.19. The van der Waals surface area contributed by atoms with E-state index in [1.807, 2.05) is 28.0 Å². The van der Waals surface area contributed by atoms with Gasteiger partial charge in [-0.3, -0.25) is 9.79 Å². The Morgan fingerprint density at radius 2 is 1.92 bits per heavy atom. The number of aryl methyl sites for hydroxylation is 1. The van der Waals surface area contributed by atoms with E-state index in [1.54, 1.807) is 6.92 Å². The first kappa shape index (κ1) is 24.3. The van der Waals surface area contributed by atoms with E-state index in [0.29, 0.717) is 55.5 Å². The molecule has 3 amide bonds. The molecule has 1 saturated heterocycles. The van der Waals surface area contributed by atoms with Crippen molar-refractivity contribution in [3.63, 3.8) is 0 Å². The zero-order chi connectivity index (χ0) is 26.6. The highest BCUT2D eigenvalue weighted by Gasteiger charge is 2.48. The first-order valence-corrected chi connectivity index (χ1v) is 13.2. The first-order valence-electron chi connectivity index (χ1n) is 13.2. The van der Waals surface area contributed by atoms with E-state index >= 15 is 0 Å². The van der Waals surface area contributed by atoms with Gasteiger partial charge in [-0.1, -0.05) is 30.3 Å². The summed E-state index contributed by atoms with van der Waals surface area (Å²) >= 11 is 0. The maximum absolute atomic E-state index is 13.4. The molecule has 1 saturated carbocycles. The minimum atomic E-state index is -0.464. The Morgan fingerprint density at radius 1 is 1.13 bits per heavy atom. The Balaban J connectivity index is 1.15. The van der Waals surface area contributed by atoms with Crippen LogP contribution in [0, 0.1) is 6.92 Å². The van der Waals surface area contributed by atoms with Crippen molar-refractivity contribution in [2.45, 2.75) is 63.6 Å². The molecule has 2 aromatic rings. The zero-order valence-corrected chi connectivity index (χ0v) is 21.9. The number of carbonyl (C=O) groups is 2. The molecule has 11 nitrogen and oxygen atoms in total. The van der Waals surface area contributed by atoms with Gasteiger partial charge in [-0.2, -0.15) is 15.0 Å². The molecule has 0 spiro atoms. The molecule has 0 bridgehead atoms. The molecule has 6 rings (SSSR count). The molecule has 198 valence electrons. The summed E-state index contributed by atoms with van der Waals surface area (Å²) in [5.41, 5.74) is 8.51. The van der Waals surface area contributed by atoms with Crippen LogP contribution in [0.15, 0.2) is 46.5 Å². The summed E-state index contributed by atoms with van der Waals surface area (Å²) in [4.78, 5) is 47.2. The van der Waals surface area contributed by atoms with Crippen molar-refractivity contribution in [2.24, 2.45) is 10.7 Å². The number of amides is 3. The molecule has 1 aromatic carbocycles. The number of aromatic nitrogens is 3. The summed E-state index contributed by atoms with van der Waals surface area (Å²) in [6.07, 6.45) is 2.50. The second-order valence-corrected chi connectivity index (χ2v) is 11.0. The van der Waals surface area contributed by atoms with Crippen LogP contribution in [0.5, 0.6) is 0 Å². The van der Waals surface area contributed by atoms with Crippen LogP contribution in [0.4, 0.5) is 16.7 Å². The first-order chi connectivity index (χ1) is 18.2. The number of hydrogen-bond donors (Lipinski definition) is 3. The number of benzene rings is 1. The number of rotatable bonds is 5. The number of aliphatic imine (C=N–C) groups is 1. The van der Waals surface area contributed by atoms with E-state index in [1.165, 1.54) is 5.56 Å². The van der Waals surface area contributed by atoms with Gasteiger partial charge in [0, 0.05) is 24.1 Å². The van der Waals surface area contributed by atoms with Crippen molar-refractivity contribution in [1.82, 2.24) is 25.2 Å². The fourth-order valence-electron chi connectivity index (χ4n) is 5.90. The molecule has 4 aliphatic rings. The van der Waals surface area contributed by atoms with Crippen molar-refractivity contribution < 1.29 is 9.59 Å². The van der Waals surface area contributed by atoms with E-state index in [9.17, 15) is 9.59 Å². The summed E-state index contributed by atoms with van der Waals surface area (Å²) < 4.78 is 0. The molecule has 11 heteroatoms. The molecule has 38 heavy (non-hydrogen) atoms. The van der Waals surface area contributed by atoms with Gasteiger partial charge in [0.2, 0.25) is 17.8 Å². The summed E-state index contributed by atoms with van der Waals surface area (Å²) in [5.74, 6) is 1.99. The molecule has 3 atom stereocenters. The minimum absolute atomic E-state index is 0.0583. The van der Waals surface area contributed by atoms with Gasteiger partial charge in [0.25, 0.3) is 0 Å². The van der Waals surface area contributed by atoms with Gasteiger partial charge in [-0.05, 0) is 51.2 Å². The van der Waals surface area contributed by atoms with Crippen LogP contribution in [0.2, 0.25) is 0 Å². The maximum atomic E-state index is 13.4.